The average Bonchev–Trinajstić information content (AvgIpc) is 2.55. The molecular formula is C12H16N2. The second kappa shape index (κ2) is 2.91. The Bertz CT molecular complexity index is 381. The zero-order valence-corrected chi connectivity index (χ0v) is 8.70. The number of fused-ring (bicyclic) bond motifs is 1. The quantitative estimate of drug-likeness (QED) is 0.622. The highest BCUT2D eigenvalue weighted by Crippen LogP contribution is 2.40. The van der Waals surface area contributed by atoms with Crippen LogP contribution in [-0.2, 0) is 0 Å². The normalized spacial score (nSPS) is 20.1. The topological polar surface area (TPSA) is 6.48 Å². The van der Waals surface area contributed by atoms with E-state index in [1.54, 1.807) is 6.07 Å². The third-order valence-corrected chi connectivity index (χ3v) is 2.23. The van der Waals surface area contributed by atoms with E-state index < -0.39 is 6.98 Å². The molecule has 14 heavy (non-hydrogen) atoms. The van der Waals surface area contributed by atoms with Gasteiger partial charge in [0.1, 0.15) is 0 Å². The largest absolute Gasteiger partial charge is 0.343 e. The maximum Gasteiger partial charge on any atom is 0.209 e. The molecule has 0 N–H and O–H groups in total. The van der Waals surface area contributed by atoms with E-state index in [9.17, 15) is 0 Å². The smallest absolute Gasteiger partial charge is 0.209 e. The summed E-state index contributed by atoms with van der Waals surface area (Å²) in [5.74, 6) is 0. The van der Waals surface area contributed by atoms with Gasteiger partial charge in [-0.2, -0.15) is 0 Å². The molecular weight excluding hydrogens is 172 g/mol. The second-order valence-electron chi connectivity index (χ2n) is 4.43. The Morgan fingerprint density at radius 3 is 2.43 bits per heavy atom. The Hall–Kier alpha value is -1.18. The minimum absolute atomic E-state index is 0.198. The maximum absolute atomic E-state index is 7.52. The van der Waals surface area contributed by atoms with Crippen LogP contribution in [0.5, 0.6) is 0 Å². The van der Waals surface area contributed by atoms with Crippen molar-refractivity contribution in [2.24, 2.45) is 0 Å². The zero-order valence-electron chi connectivity index (χ0n) is 11.7. The number of hydrogen-bond acceptors (Lipinski definition) is 2. The molecule has 74 valence electrons. The Balaban J connectivity index is 2.47. The molecule has 2 radical (unpaired) electrons. The second-order valence-corrected chi connectivity index (χ2v) is 4.43. The van der Waals surface area contributed by atoms with E-state index >= 15 is 0 Å². The highest BCUT2D eigenvalue weighted by atomic mass is 15.4. The maximum atomic E-state index is 7.52. The summed E-state index contributed by atoms with van der Waals surface area (Å²) in [6, 6.07) is 7.47. The van der Waals surface area contributed by atoms with Gasteiger partial charge >= 0.3 is 0 Å². The van der Waals surface area contributed by atoms with E-state index in [4.69, 9.17) is 4.11 Å². The molecule has 0 aromatic heterocycles. The van der Waals surface area contributed by atoms with E-state index in [0.717, 1.165) is 5.69 Å². The summed E-state index contributed by atoms with van der Waals surface area (Å²) in [7, 11) is 0. The van der Waals surface area contributed by atoms with E-state index in [-0.39, 0.29) is 5.54 Å². The summed E-state index contributed by atoms with van der Waals surface area (Å²) in [4.78, 5) is 3.10. The van der Waals surface area contributed by atoms with Crippen LogP contribution in [0.15, 0.2) is 24.3 Å². The summed E-state index contributed by atoms with van der Waals surface area (Å²) in [6.45, 7) is 6.82. The highest BCUT2D eigenvalue weighted by Gasteiger charge is 2.32. The van der Waals surface area contributed by atoms with Gasteiger partial charge < -0.3 is 9.80 Å². The molecule has 1 aromatic carbocycles. The van der Waals surface area contributed by atoms with Crippen molar-refractivity contribution < 1.29 is 4.11 Å². The van der Waals surface area contributed by atoms with Crippen LogP contribution >= 0.6 is 0 Å². The van der Waals surface area contributed by atoms with Crippen LogP contribution in [0.1, 0.15) is 24.9 Å². The molecule has 1 aliphatic rings. The van der Waals surface area contributed by atoms with Crippen LogP contribution in [0.3, 0.4) is 0 Å². The molecule has 0 spiro atoms. The lowest BCUT2D eigenvalue weighted by atomic mass is 10.1. The van der Waals surface area contributed by atoms with Crippen molar-refractivity contribution in [3.8, 4) is 0 Å². The van der Waals surface area contributed by atoms with Crippen LogP contribution in [0.2, 0.25) is 0 Å². The third-order valence-electron chi connectivity index (χ3n) is 2.23. The SMILES string of the molecule is [2H]C([2H])([2H])N1[C]N(C(C)(C)C)c2ccccc21. The first kappa shape index (κ1) is 6.33. The van der Waals surface area contributed by atoms with Crippen molar-refractivity contribution in [3.05, 3.63) is 30.9 Å². The molecule has 2 rings (SSSR count). The number of nitrogens with zero attached hydrogens (tertiary/aromatic N) is 2. The van der Waals surface area contributed by atoms with Crippen molar-refractivity contribution in [1.29, 1.82) is 0 Å². The first-order valence-corrected chi connectivity index (χ1v) is 4.67. The van der Waals surface area contributed by atoms with E-state index in [2.05, 4.69) is 6.67 Å². The van der Waals surface area contributed by atoms with Gasteiger partial charge in [-0.15, -0.1) is 0 Å². The molecule has 2 nitrogen and oxygen atoms in total. The van der Waals surface area contributed by atoms with Gasteiger partial charge in [0.05, 0.1) is 11.4 Å². The van der Waals surface area contributed by atoms with Crippen molar-refractivity contribution >= 4 is 11.4 Å². The zero-order chi connectivity index (χ0) is 12.8. The van der Waals surface area contributed by atoms with Crippen molar-refractivity contribution in [1.82, 2.24) is 0 Å². The van der Waals surface area contributed by atoms with Crippen LogP contribution in [-0.4, -0.2) is 12.5 Å². The van der Waals surface area contributed by atoms with Gasteiger partial charge in [-0.25, -0.2) is 0 Å². The first-order valence-electron chi connectivity index (χ1n) is 6.17. The van der Waals surface area contributed by atoms with E-state index in [0.29, 0.717) is 5.69 Å². The molecule has 0 aliphatic carbocycles. The minimum atomic E-state index is -2.20. The van der Waals surface area contributed by atoms with Gasteiger partial charge in [0.25, 0.3) is 0 Å². The highest BCUT2D eigenvalue weighted by molar-refractivity contribution is 5.78. The lowest BCUT2D eigenvalue weighted by Gasteiger charge is -2.32. The summed E-state index contributed by atoms with van der Waals surface area (Å²) in [5.41, 5.74) is 1.37. The van der Waals surface area contributed by atoms with Gasteiger partial charge in [0.2, 0.25) is 6.67 Å². The van der Waals surface area contributed by atoms with Gasteiger partial charge in [0.15, 0.2) is 0 Å². The summed E-state index contributed by atoms with van der Waals surface area (Å²) in [5, 5.41) is 0. The lowest BCUT2D eigenvalue weighted by Crippen LogP contribution is -2.39. The molecule has 0 saturated carbocycles. The summed E-state index contributed by atoms with van der Waals surface area (Å²) < 4.78 is 22.6. The number of benzene rings is 1. The van der Waals surface area contributed by atoms with E-state index in [1.807, 2.05) is 43.9 Å². The van der Waals surface area contributed by atoms with Crippen molar-refractivity contribution in [2.45, 2.75) is 26.3 Å². The molecule has 1 heterocycles. The third kappa shape index (κ3) is 1.35. The van der Waals surface area contributed by atoms with E-state index in [1.165, 1.54) is 4.90 Å². The Kier molecular flexibility index (Phi) is 1.31. The summed E-state index contributed by atoms with van der Waals surface area (Å²) in [6.07, 6.45) is 0. The van der Waals surface area contributed by atoms with Crippen molar-refractivity contribution in [3.63, 3.8) is 0 Å². The standard InChI is InChI=1S/C12H16N2/c1-12(2,3)14-9-13(4)10-7-5-6-8-11(10)14/h5-8H,1-4H3/i4D3. The van der Waals surface area contributed by atoms with Crippen LogP contribution < -0.4 is 9.80 Å². The number of hydrogen-bond donors (Lipinski definition) is 0. The predicted molar refractivity (Wildman–Crippen MR) is 60.3 cm³/mol. The molecule has 0 atom stereocenters. The minimum Gasteiger partial charge on any atom is -0.343 e. The number of anilines is 2. The molecule has 2 heteroatoms. The van der Waals surface area contributed by atoms with Crippen LogP contribution in [0.4, 0.5) is 11.4 Å². The monoisotopic (exact) mass is 191 g/mol. The Labute approximate surface area is 90.3 Å². The number of rotatable bonds is 0. The van der Waals surface area contributed by atoms with Gasteiger partial charge in [0, 0.05) is 16.6 Å². The average molecular weight is 191 g/mol. The first-order chi connectivity index (χ1) is 7.71. The molecule has 0 bridgehead atoms. The van der Waals surface area contributed by atoms with Gasteiger partial charge in [-0.05, 0) is 32.9 Å². The van der Waals surface area contributed by atoms with Crippen LogP contribution in [0, 0.1) is 6.67 Å². The molecule has 0 unspecified atom stereocenters. The molecule has 1 aliphatic heterocycles. The van der Waals surface area contributed by atoms with Gasteiger partial charge in [-0.1, -0.05) is 12.1 Å². The van der Waals surface area contributed by atoms with Gasteiger partial charge in [-0.3, -0.25) is 0 Å². The lowest BCUT2D eigenvalue weighted by molar-refractivity contribution is 0.541. The Morgan fingerprint density at radius 1 is 1.21 bits per heavy atom. The molecule has 0 saturated heterocycles. The van der Waals surface area contributed by atoms with Crippen LogP contribution in [0.25, 0.3) is 0 Å². The fourth-order valence-electron chi connectivity index (χ4n) is 1.56. The summed E-state index contributed by atoms with van der Waals surface area (Å²) >= 11 is 0. The van der Waals surface area contributed by atoms with Crippen molar-refractivity contribution in [2.75, 3.05) is 16.8 Å². The predicted octanol–water partition coefficient (Wildman–Crippen LogP) is 2.74. The Morgan fingerprint density at radius 2 is 1.86 bits per heavy atom. The fraction of sp³-hybridized carbons (Fsp3) is 0.417. The molecule has 0 amide bonds. The molecule has 1 aromatic rings. The number of para-hydroxylation sites is 2. The fourth-order valence-corrected chi connectivity index (χ4v) is 1.56. The molecule has 0 fully saturated rings.